The average Bonchev–Trinajstić information content (AvgIpc) is 2.70. The number of aliphatic hydroxyl groups is 1. The van der Waals surface area contributed by atoms with Crippen LogP contribution in [0.25, 0.3) is 0 Å². The second-order valence-electron chi connectivity index (χ2n) is 5.69. The van der Waals surface area contributed by atoms with Crippen molar-refractivity contribution in [2.45, 2.75) is 38.4 Å². The number of hydrogen-bond donors (Lipinski definition) is 1. The largest absolute Gasteiger partial charge is 0.444 e. The Morgan fingerprint density at radius 1 is 1.42 bits per heavy atom. The van der Waals surface area contributed by atoms with E-state index >= 15 is 0 Å². The van der Waals surface area contributed by atoms with Gasteiger partial charge < -0.3 is 14.7 Å². The first-order valence-electron chi connectivity index (χ1n) is 6.29. The predicted octanol–water partition coefficient (Wildman–Crippen LogP) is 1.17. The maximum atomic E-state index is 11.9. The van der Waals surface area contributed by atoms with Gasteiger partial charge in [0.15, 0.2) is 0 Å². The molecule has 1 N–H and O–H groups in total. The van der Waals surface area contributed by atoms with Gasteiger partial charge in [-0.3, -0.25) is 9.97 Å². The second kappa shape index (κ2) is 5.13. The van der Waals surface area contributed by atoms with E-state index in [-0.39, 0.29) is 12.5 Å². The van der Waals surface area contributed by atoms with Crippen molar-refractivity contribution in [2.75, 3.05) is 13.1 Å². The van der Waals surface area contributed by atoms with Crippen LogP contribution in [0.3, 0.4) is 0 Å². The maximum Gasteiger partial charge on any atom is 0.410 e. The minimum atomic E-state index is -0.635. The summed E-state index contributed by atoms with van der Waals surface area (Å²) in [6.07, 6.45) is 3.74. The first-order valence-corrected chi connectivity index (χ1v) is 6.29. The smallest absolute Gasteiger partial charge is 0.410 e. The number of hydrogen-bond acceptors (Lipinski definition) is 5. The molecule has 0 radical (unpaired) electrons. The van der Waals surface area contributed by atoms with Crippen LogP contribution >= 0.6 is 0 Å². The van der Waals surface area contributed by atoms with Crippen molar-refractivity contribution in [3.05, 3.63) is 24.3 Å². The van der Waals surface area contributed by atoms with Gasteiger partial charge in [-0.2, -0.15) is 0 Å². The van der Waals surface area contributed by atoms with Gasteiger partial charge in [-0.25, -0.2) is 4.79 Å². The average molecular weight is 265 g/mol. The van der Waals surface area contributed by atoms with Crippen molar-refractivity contribution in [3.63, 3.8) is 0 Å². The highest BCUT2D eigenvalue weighted by atomic mass is 16.6. The lowest BCUT2D eigenvalue weighted by Crippen LogP contribution is -2.35. The number of nitrogens with zero attached hydrogens (tertiary/aromatic N) is 3. The minimum Gasteiger partial charge on any atom is -0.444 e. The Kier molecular flexibility index (Phi) is 3.71. The van der Waals surface area contributed by atoms with Crippen molar-refractivity contribution >= 4 is 6.09 Å². The number of carbonyl (C=O) groups is 1. The van der Waals surface area contributed by atoms with Gasteiger partial charge in [0.25, 0.3) is 0 Å². The number of ether oxygens (including phenoxy) is 1. The minimum absolute atomic E-state index is 0.207. The number of carbonyl (C=O) groups excluding carboxylic acids is 1. The summed E-state index contributed by atoms with van der Waals surface area (Å²) in [6.45, 7) is 6.11. The van der Waals surface area contributed by atoms with Crippen molar-refractivity contribution < 1.29 is 14.6 Å². The molecule has 6 nitrogen and oxygen atoms in total. The molecule has 0 unspecified atom stereocenters. The van der Waals surface area contributed by atoms with Gasteiger partial charge in [0.2, 0.25) is 0 Å². The quantitative estimate of drug-likeness (QED) is 0.825. The monoisotopic (exact) mass is 265 g/mol. The normalized spacial score (nSPS) is 23.5. The number of aromatic nitrogens is 2. The van der Waals surface area contributed by atoms with Crippen LogP contribution in [-0.4, -0.2) is 50.9 Å². The topological polar surface area (TPSA) is 75.5 Å². The lowest BCUT2D eigenvalue weighted by molar-refractivity contribution is 0.0270. The molecular weight excluding hydrogens is 246 g/mol. The highest BCUT2D eigenvalue weighted by Gasteiger charge is 2.37. The van der Waals surface area contributed by atoms with Gasteiger partial charge in [-0.05, 0) is 20.8 Å². The lowest BCUT2D eigenvalue weighted by Gasteiger charge is -2.24. The Bertz CT molecular complexity index is 444. The van der Waals surface area contributed by atoms with Crippen molar-refractivity contribution in [3.8, 4) is 0 Å². The van der Waals surface area contributed by atoms with Crippen LogP contribution in [0.4, 0.5) is 4.79 Å². The van der Waals surface area contributed by atoms with Gasteiger partial charge in [0, 0.05) is 31.1 Å². The molecule has 6 heteroatoms. The molecule has 2 rings (SSSR count). The molecule has 1 aromatic heterocycles. The van der Waals surface area contributed by atoms with Crippen LogP contribution in [0.5, 0.6) is 0 Å². The lowest BCUT2D eigenvalue weighted by atomic mass is 10.0. The third-order valence-electron chi connectivity index (χ3n) is 2.90. The molecule has 1 aliphatic rings. The third kappa shape index (κ3) is 3.41. The van der Waals surface area contributed by atoms with Crippen molar-refractivity contribution in [2.24, 2.45) is 0 Å². The van der Waals surface area contributed by atoms with Crippen LogP contribution in [0.2, 0.25) is 0 Å². The number of rotatable bonds is 1. The second-order valence-corrected chi connectivity index (χ2v) is 5.69. The Balaban J connectivity index is 2.04. The Hall–Kier alpha value is -1.69. The summed E-state index contributed by atoms with van der Waals surface area (Å²) in [7, 11) is 0. The molecule has 2 heterocycles. The van der Waals surface area contributed by atoms with E-state index in [1.165, 1.54) is 4.90 Å². The number of likely N-dealkylation sites (tertiary alicyclic amines) is 1. The van der Waals surface area contributed by atoms with Crippen molar-refractivity contribution in [1.82, 2.24) is 14.9 Å². The number of amides is 1. The Labute approximate surface area is 112 Å². The first-order chi connectivity index (χ1) is 8.87. The van der Waals surface area contributed by atoms with Gasteiger partial charge in [0.1, 0.15) is 5.60 Å². The summed E-state index contributed by atoms with van der Waals surface area (Å²) in [5.74, 6) is -0.207. The van der Waals surface area contributed by atoms with E-state index in [1.54, 1.807) is 18.6 Å². The predicted molar refractivity (Wildman–Crippen MR) is 68.6 cm³/mol. The van der Waals surface area contributed by atoms with Crippen LogP contribution in [-0.2, 0) is 4.74 Å². The zero-order valence-electron chi connectivity index (χ0n) is 11.4. The molecule has 0 aromatic carbocycles. The van der Waals surface area contributed by atoms with Gasteiger partial charge in [0.05, 0.1) is 18.3 Å². The number of aliphatic hydroxyl groups excluding tert-OH is 1. The molecule has 1 fully saturated rings. The van der Waals surface area contributed by atoms with E-state index in [0.29, 0.717) is 12.2 Å². The van der Waals surface area contributed by atoms with E-state index in [2.05, 4.69) is 9.97 Å². The molecule has 1 amide bonds. The van der Waals surface area contributed by atoms with E-state index in [1.807, 2.05) is 20.8 Å². The molecule has 2 atom stereocenters. The summed E-state index contributed by atoms with van der Waals surface area (Å²) in [5, 5.41) is 10.0. The molecule has 104 valence electrons. The zero-order chi connectivity index (χ0) is 14.0. The Morgan fingerprint density at radius 3 is 2.74 bits per heavy atom. The van der Waals surface area contributed by atoms with Crippen LogP contribution in [0, 0.1) is 0 Å². The molecule has 0 spiro atoms. The van der Waals surface area contributed by atoms with Crippen LogP contribution in [0.15, 0.2) is 18.6 Å². The van der Waals surface area contributed by atoms with E-state index < -0.39 is 17.8 Å². The summed E-state index contributed by atoms with van der Waals surface area (Å²) >= 11 is 0. The molecule has 0 aliphatic carbocycles. The molecule has 0 bridgehead atoms. The fourth-order valence-electron chi connectivity index (χ4n) is 2.05. The van der Waals surface area contributed by atoms with Crippen LogP contribution in [0.1, 0.15) is 32.4 Å². The maximum absolute atomic E-state index is 11.9. The molecule has 19 heavy (non-hydrogen) atoms. The van der Waals surface area contributed by atoms with Gasteiger partial charge in [-0.1, -0.05) is 0 Å². The molecular formula is C13H19N3O3. The fraction of sp³-hybridized carbons (Fsp3) is 0.615. The van der Waals surface area contributed by atoms with E-state index in [0.717, 1.165) is 0 Å². The fourth-order valence-corrected chi connectivity index (χ4v) is 2.05. The van der Waals surface area contributed by atoms with E-state index in [9.17, 15) is 9.90 Å². The van der Waals surface area contributed by atoms with E-state index in [4.69, 9.17) is 4.74 Å². The van der Waals surface area contributed by atoms with Gasteiger partial charge >= 0.3 is 6.09 Å². The molecule has 0 saturated carbocycles. The van der Waals surface area contributed by atoms with Crippen LogP contribution < -0.4 is 0 Å². The van der Waals surface area contributed by atoms with Gasteiger partial charge in [-0.15, -0.1) is 0 Å². The highest BCUT2D eigenvalue weighted by Crippen LogP contribution is 2.26. The number of β-amino-alcohol motifs (C(OH)–C–C–N with tert-alkyl or cyclic N) is 1. The Morgan fingerprint density at radius 2 is 2.16 bits per heavy atom. The highest BCUT2D eigenvalue weighted by molar-refractivity contribution is 5.68. The summed E-state index contributed by atoms with van der Waals surface area (Å²) < 4.78 is 5.29. The zero-order valence-corrected chi connectivity index (χ0v) is 11.4. The summed E-state index contributed by atoms with van der Waals surface area (Å²) in [6, 6.07) is 0. The standard InChI is InChI=1S/C13H19N3O3/c1-13(2,3)19-12(18)16-7-9(11(17)8-16)10-6-14-4-5-15-10/h4-6,9,11,17H,7-8H2,1-3H3/t9-,11+/m1/s1. The first kappa shape index (κ1) is 13.7. The molecule has 1 saturated heterocycles. The van der Waals surface area contributed by atoms with Crippen molar-refractivity contribution in [1.29, 1.82) is 0 Å². The molecule has 1 aromatic rings. The third-order valence-corrected chi connectivity index (χ3v) is 2.90. The SMILES string of the molecule is CC(C)(C)OC(=O)N1C[C@H](c2cnccn2)[C@@H](O)C1. The molecule has 1 aliphatic heterocycles. The summed E-state index contributed by atoms with van der Waals surface area (Å²) in [5.41, 5.74) is 0.160. The summed E-state index contributed by atoms with van der Waals surface area (Å²) in [4.78, 5) is 21.6.